The fourth-order valence-corrected chi connectivity index (χ4v) is 3.17. The number of nitrogens with two attached hydrogens (primary N) is 1. The molecule has 0 radical (unpaired) electrons. The first-order chi connectivity index (χ1) is 12.5. The summed E-state index contributed by atoms with van der Waals surface area (Å²) in [6, 6.07) is 6.07. The van der Waals surface area contributed by atoms with Crippen molar-refractivity contribution < 1.29 is 14.3 Å². The van der Waals surface area contributed by atoms with Crippen molar-refractivity contribution in [1.29, 1.82) is 0 Å². The number of primary amides is 1. The molecule has 0 bridgehead atoms. The number of hydrogen-bond acceptors (Lipinski definition) is 5. The maximum atomic E-state index is 13.1. The van der Waals surface area contributed by atoms with Crippen LogP contribution in [0.25, 0.3) is 0 Å². The molecule has 2 heterocycles. The number of hydrogen-bond donors (Lipinski definition) is 4. The van der Waals surface area contributed by atoms with Crippen LogP contribution in [0.2, 0.25) is 0 Å². The Bertz CT molecular complexity index is 790. The monoisotopic (exact) mass is 394 g/mol. The number of benzene rings is 1. The SMILES string of the molecule is COc1cc(NC(=O)C2(n3cccn3)CCNCC2)ccc1NC(N)=O.Cl. The minimum atomic E-state index is -0.744. The third-order valence-electron chi connectivity index (χ3n) is 4.51. The van der Waals surface area contributed by atoms with Crippen molar-refractivity contribution in [1.82, 2.24) is 15.1 Å². The van der Waals surface area contributed by atoms with Gasteiger partial charge < -0.3 is 26.4 Å². The molecule has 0 atom stereocenters. The zero-order valence-corrected chi connectivity index (χ0v) is 15.7. The molecule has 1 aromatic carbocycles. The van der Waals surface area contributed by atoms with Crippen LogP contribution in [0.1, 0.15) is 12.8 Å². The van der Waals surface area contributed by atoms with E-state index in [1.165, 1.54) is 7.11 Å². The van der Waals surface area contributed by atoms with Crippen LogP contribution in [0.3, 0.4) is 0 Å². The second-order valence-corrected chi connectivity index (χ2v) is 6.09. The van der Waals surface area contributed by atoms with E-state index in [2.05, 4.69) is 21.0 Å². The highest BCUT2D eigenvalue weighted by Gasteiger charge is 2.42. The highest BCUT2D eigenvalue weighted by molar-refractivity contribution is 5.97. The van der Waals surface area contributed by atoms with Gasteiger partial charge in [0.25, 0.3) is 5.91 Å². The average Bonchev–Trinajstić information content (AvgIpc) is 3.18. The summed E-state index contributed by atoms with van der Waals surface area (Å²) < 4.78 is 6.99. The van der Waals surface area contributed by atoms with E-state index in [4.69, 9.17) is 10.5 Å². The Morgan fingerprint density at radius 2 is 2.04 bits per heavy atom. The lowest BCUT2D eigenvalue weighted by Crippen LogP contribution is -2.52. The summed E-state index contributed by atoms with van der Waals surface area (Å²) in [6.07, 6.45) is 4.76. The molecule has 9 nitrogen and oxygen atoms in total. The molecule has 1 saturated heterocycles. The van der Waals surface area contributed by atoms with E-state index in [1.807, 2.05) is 12.3 Å². The highest BCUT2D eigenvalue weighted by atomic mass is 35.5. The minimum absolute atomic E-state index is 0. The van der Waals surface area contributed by atoms with Crippen LogP contribution in [0.5, 0.6) is 5.75 Å². The second kappa shape index (κ2) is 8.74. The Kier molecular flexibility index (Phi) is 6.65. The van der Waals surface area contributed by atoms with Crippen molar-refractivity contribution >= 4 is 35.7 Å². The van der Waals surface area contributed by atoms with E-state index in [0.29, 0.717) is 30.0 Å². The molecule has 1 aliphatic heterocycles. The molecule has 3 amide bonds. The first-order valence-corrected chi connectivity index (χ1v) is 8.32. The third kappa shape index (κ3) is 4.32. The molecule has 0 saturated carbocycles. The maximum Gasteiger partial charge on any atom is 0.316 e. The first-order valence-electron chi connectivity index (χ1n) is 8.32. The molecule has 0 spiro atoms. The Morgan fingerprint density at radius 3 is 2.63 bits per heavy atom. The number of rotatable bonds is 5. The number of urea groups is 1. The standard InChI is InChI=1S/C17H22N6O3.ClH/c1-26-14-11-12(3-4-13(14)22-16(18)25)21-15(24)17(5-8-19-9-6-17)23-10-2-7-20-23;/h2-4,7,10-11,19H,5-6,8-9H2,1H3,(H,21,24)(H3,18,22,25);1H. The lowest BCUT2D eigenvalue weighted by atomic mass is 9.87. The number of nitrogens with zero attached hydrogens (tertiary/aromatic N) is 2. The van der Waals surface area contributed by atoms with Gasteiger partial charge in [0.15, 0.2) is 0 Å². The zero-order valence-electron chi connectivity index (χ0n) is 14.9. The van der Waals surface area contributed by atoms with Crippen LogP contribution in [0.15, 0.2) is 36.7 Å². The Hall–Kier alpha value is -2.78. The van der Waals surface area contributed by atoms with Crippen molar-refractivity contribution in [2.75, 3.05) is 30.8 Å². The molecule has 27 heavy (non-hydrogen) atoms. The zero-order chi connectivity index (χ0) is 18.6. The van der Waals surface area contributed by atoms with E-state index in [-0.39, 0.29) is 18.3 Å². The number of ether oxygens (including phenoxy) is 1. The molecule has 1 aromatic heterocycles. The normalized spacial score (nSPS) is 15.3. The average molecular weight is 395 g/mol. The molecule has 5 N–H and O–H groups in total. The molecule has 1 fully saturated rings. The molecule has 10 heteroatoms. The van der Waals surface area contributed by atoms with Crippen LogP contribution in [-0.2, 0) is 10.3 Å². The van der Waals surface area contributed by atoms with E-state index >= 15 is 0 Å². The van der Waals surface area contributed by atoms with Gasteiger partial charge in [-0.3, -0.25) is 9.48 Å². The van der Waals surface area contributed by atoms with Crippen molar-refractivity contribution in [3.8, 4) is 5.75 Å². The van der Waals surface area contributed by atoms with Gasteiger partial charge in [0, 0.05) is 24.1 Å². The summed E-state index contributed by atoms with van der Waals surface area (Å²) in [4.78, 5) is 24.2. The molecule has 1 aliphatic rings. The number of halogens is 1. The van der Waals surface area contributed by atoms with Crippen molar-refractivity contribution in [3.63, 3.8) is 0 Å². The number of amides is 3. The summed E-state index contributed by atoms with van der Waals surface area (Å²) in [5.74, 6) is 0.264. The predicted octanol–water partition coefficient (Wildman–Crippen LogP) is 1.52. The molecular weight excluding hydrogens is 372 g/mol. The molecule has 0 unspecified atom stereocenters. The third-order valence-corrected chi connectivity index (χ3v) is 4.51. The number of anilines is 2. The summed E-state index contributed by atoms with van der Waals surface area (Å²) in [5, 5.41) is 13.0. The molecule has 3 rings (SSSR count). The van der Waals surface area contributed by atoms with Crippen LogP contribution >= 0.6 is 12.4 Å². The highest BCUT2D eigenvalue weighted by Crippen LogP contribution is 2.31. The fourth-order valence-electron chi connectivity index (χ4n) is 3.17. The lowest BCUT2D eigenvalue weighted by Gasteiger charge is -2.36. The first kappa shape index (κ1) is 20.5. The van der Waals surface area contributed by atoms with Gasteiger partial charge in [-0.1, -0.05) is 0 Å². The summed E-state index contributed by atoms with van der Waals surface area (Å²) in [5.41, 5.74) is 5.40. The van der Waals surface area contributed by atoms with Gasteiger partial charge in [-0.2, -0.15) is 5.10 Å². The second-order valence-electron chi connectivity index (χ2n) is 6.09. The molecular formula is C17H23ClN6O3. The fraction of sp³-hybridized carbons (Fsp3) is 0.353. The van der Waals surface area contributed by atoms with Crippen LogP contribution in [0, 0.1) is 0 Å². The number of carbonyl (C=O) groups is 2. The topological polar surface area (TPSA) is 123 Å². The van der Waals surface area contributed by atoms with Crippen LogP contribution < -0.4 is 26.4 Å². The maximum absolute atomic E-state index is 13.1. The predicted molar refractivity (Wildman–Crippen MR) is 104 cm³/mol. The van der Waals surface area contributed by atoms with Gasteiger partial charge in [0.2, 0.25) is 0 Å². The number of nitrogens with one attached hydrogen (secondary N) is 3. The minimum Gasteiger partial charge on any atom is -0.494 e. The number of piperidine rings is 1. The molecule has 146 valence electrons. The van der Waals surface area contributed by atoms with Gasteiger partial charge in [-0.15, -0.1) is 12.4 Å². The van der Waals surface area contributed by atoms with E-state index < -0.39 is 11.6 Å². The van der Waals surface area contributed by atoms with Gasteiger partial charge in [0.05, 0.1) is 12.8 Å². The van der Waals surface area contributed by atoms with Gasteiger partial charge in [-0.25, -0.2) is 4.79 Å². The van der Waals surface area contributed by atoms with Gasteiger partial charge >= 0.3 is 6.03 Å². The van der Waals surface area contributed by atoms with Crippen molar-refractivity contribution in [2.45, 2.75) is 18.4 Å². The number of carbonyl (C=O) groups excluding carboxylic acids is 2. The van der Waals surface area contributed by atoms with Gasteiger partial charge in [0.1, 0.15) is 11.3 Å². The Balaban J connectivity index is 0.00000261. The number of methoxy groups -OCH3 is 1. The number of aromatic nitrogens is 2. The quantitative estimate of drug-likeness (QED) is 0.612. The van der Waals surface area contributed by atoms with E-state index in [1.54, 1.807) is 29.1 Å². The Labute approximate surface area is 163 Å². The van der Waals surface area contributed by atoms with Crippen molar-refractivity contribution in [2.24, 2.45) is 5.73 Å². The van der Waals surface area contributed by atoms with Gasteiger partial charge in [-0.05, 0) is 44.1 Å². The molecule has 0 aliphatic carbocycles. The van der Waals surface area contributed by atoms with Crippen molar-refractivity contribution in [3.05, 3.63) is 36.7 Å². The summed E-state index contributed by atoms with van der Waals surface area (Å²) in [7, 11) is 1.48. The lowest BCUT2D eigenvalue weighted by molar-refractivity contribution is -0.126. The largest absolute Gasteiger partial charge is 0.494 e. The van der Waals surface area contributed by atoms with E-state index in [9.17, 15) is 9.59 Å². The van der Waals surface area contributed by atoms with Crippen LogP contribution in [-0.4, -0.2) is 41.9 Å². The smallest absolute Gasteiger partial charge is 0.316 e. The summed E-state index contributed by atoms with van der Waals surface area (Å²) in [6.45, 7) is 1.47. The van der Waals surface area contributed by atoms with Crippen LogP contribution in [0.4, 0.5) is 16.2 Å². The summed E-state index contributed by atoms with van der Waals surface area (Å²) >= 11 is 0. The van der Waals surface area contributed by atoms with E-state index in [0.717, 1.165) is 13.1 Å². The molecule has 2 aromatic rings. The Morgan fingerprint density at radius 1 is 1.30 bits per heavy atom.